The van der Waals surface area contributed by atoms with Crippen LogP contribution in [0.3, 0.4) is 0 Å². The number of nitrogens with one attached hydrogen (secondary N) is 1. The van der Waals surface area contributed by atoms with Gasteiger partial charge >= 0.3 is 0 Å². The maximum atomic E-state index is 13.2. The van der Waals surface area contributed by atoms with Crippen LogP contribution in [0, 0.1) is 0 Å². The van der Waals surface area contributed by atoms with Gasteiger partial charge in [-0.15, -0.1) is 0 Å². The fourth-order valence-corrected chi connectivity index (χ4v) is 13.5. The molecule has 0 bridgehead atoms. The molecule has 7 unspecified atom stereocenters. The zero-order valence-electron chi connectivity index (χ0n) is 58.6. The predicted octanol–water partition coefficient (Wildman–Crippen LogP) is 22.4. The van der Waals surface area contributed by atoms with E-state index in [0.29, 0.717) is 12.8 Å². The van der Waals surface area contributed by atoms with Crippen LogP contribution in [0.2, 0.25) is 0 Å². The van der Waals surface area contributed by atoms with Crippen LogP contribution in [0.5, 0.6) is 0 Å². The number of aliphatic hydroxyl groups excluding tert-OH is 5. The van der Waals surface area contributed by atoms with Crippen molar-refractivity contribution >= 4 is 5.91 Å². The average Bonchev–Trinajstić information content (AvgIpc) is 3.47. The number of carbonyl (C=O) groups excluding carboxylic acids is 1. The van der Waals surface area contributed by atoms with E-state index in [0.717, 1.165) is 38.5 Å². The molecule has 1 amide bonds. The summed E-state index contributed by atoms with van der Waals surface area (Å²) in [5.74, 6) is -0.131. The van der Waals surface area contributed by atoms with Crippen molar-refractivity contribution in [2.75, 3.05) is 13.2 Å². The van der Waals surface area contributed by atoms with Crippen molar-refractivity contribution in [3.8, 4) is 0 Å². The van der Waals surface area contributed by atoms with Crippen molar-refractivity contribution in [1.29, 1.82) is 0 Å². The average molecular weight is 1240 g/mol. The maximum Gasteiger partial charge on any atom is 0.220 e. The molecule has 0 aromatic heterocycles. The number of aliphatic hydroxyl groups is 5. The Balaban J connectivity index is 2.03. The third-order valence-electron chi connectivity index (χ3n) is 19.7. The number of rotatable bonds is 72. The molecule has 1 aliphatic rings. The number of hydrogen-bond donors (Lipinski definition) is 6. The Morgan fingerprint density at radius 1 is 0.345 bits per heavy atom. The van der Waals surface area contributed by atoms with Crippen LogP contribution < -0.4 is 5.32 Å². The number of hydrogen-bond acceptors (Lipinski definition) is 8. The predicted molar refractivity (Wildman–Crippen MR) is 374 cm³/mol. The van der Waals surface area contributed by atoms with Gasteiger partial charge in [-0.3, -0.25) is 4.79 Å². The number of carbonyl (C=O) groups is 1. The first-order valence-electron chi connectivity index (χ1n) is 39.7. The Morgan fingerprint density at radius 3 is 0.816 bits per heavy atom. The second-order valence-electron chi connectivity index (χ2n) is 28.2. The molecule has 0 aromatic carbocycles. The number of unbranched alkanes of at least 4 members (excludes halogenated alkanes) is 62. The highest BCUT2D eigenvalue weighted by molar-refractivity contribution is 5.76. The Kier molecular flexibility index (Phi) is 65.9. The van der Waals surface area contributed by atoms with E-state index in [-0.39, 0.29) is 12.5 Å². The van der Waals surface area contributed by atoms with Crippen molar-refractivity contribution in [1.82, 2.24) is 5.32 Å². The summed E-state index contributed by atoms with van der Waals surface area (Å²) in [7, 11) is 0. The zero-order valence-corrected chi connectivity index (χ0v) is 58.6. The van der Waals surface area contributed by atoms with Gasteiger partial charge in [0.15, 0.2) is 6.29 Å². The van der Waals surface area contributed by atoms with E-state index in [1.165, 1.54) is 372 Å². The van der Waals surface area contributed by atoms with Crippen LogP contribution in [0.25, 0.3) is 0 Å². The van der Waals surface area contributed by atoms with Crippen molar-refractivity contribution in [2.45, 2.75) is 480 Å². The molecule has 0 aromatic rings. The Hall–Kier alpha value is -0.810. The van der Waals surface area contributed by atoms with Crippen molar-refractivity contribution < 1.29 is 39.8 Å². The number of ether oxygens (including phenoxy) is 2. The first kappa shape index (κ1) is 84.2. The summed E-state index contributed by atoms with van der Waals surface area (Å²) in [4.78, 5) is 13.2. The molecule has 0 saturated carbocycles. The van der Waals surface area contributed by atoms with E-state index < -0.39 is 49.5 Å². The lowest BCUT2D eigenvalue weighted by Crippen LogP contribution is -2.60. The second kappa shape index (κ2) is 68.1. The fourth-order valence-electron chi connectivity index (χ4n) is 13.5. The molecule has 0 spiro atoms. The van der Waals surface area contributed by atoms with E-state index >= 15 is 0 Å². The van der Waals surface area contributed by atoms with Gasteiger partial charge in [-0.2, -0.15) is 0 Å². The van der Waals surface area contributed by atoms with Gasteiger partial charge in [0.05, 0.1) is 25.4 Å². The molecule has 1 aliphatic heterocycles. The lowest BCUT2D eigenvalue weighted by molar-refractivity contribution is -0.302. The fraction of sp³-hybridized carbons (Fsp3) is 0.987. The van der Waals surface area contributed by atoms with Crippen LogP contribution in [-0.2, 0) is 14.3 Å². The molecule has 9 nitrogen and oxygen atoms in total. The molecule has 7 atom stereocenters. The molecule has 1 rings (SSSR count). The molecule has 1 heterocycles. The highest BCUT2D eigenvalue weighted by atomic mass is 16.7. The lowest BCUT2D eigenvalue weighted by atomic mass is 9.99. The summed E-state index contributed by atoms with van der Waals surface area (Å²) < 4.78 is 11.4. The van der Waals surface area contributed by atoms with E-state index in [9.17, 15) is 30.3 Å². The molecule has 87 heavy (non-hydrogen) atoms. The third kappa shape index (κ3) is 56.5. The van der Waals surface area contributed by atoms with Crippen LogP contribution >= 0.6 is 0 Å². The monoisotopic (exact) mass is 1230 g/mol. The van der Waals surface area contributed by atoms with E-state index in [2.05, 4.69) is 19.2 Å². The highest BCUT2D eigenvalue weighted by Crippen LogP contribution is 2.25. The quantitative estimate of drug-likeness (QED) is 0.0330. The third-order valence-corrected chi connectivity index (χ3v) is 19.7. The smallest absolute Gasteiger partial charge is 0.220 e. The minimum absolute atomic E-state index is 0.130. The summed E-state index contributed by atoms with van der Waals surface area (Å²) in [5, 5.41) is 55.1. The van der Waals surface area contributed by atoms with Gasteiger partial charge < -0.3 is 40.3 Å². The molecule has 0 radical (unpaired) electrons. The Bertz CT molecular complexity index is 1340. The largest absolute Gasteiger partial charge is 0.394 e. The maximum absolute atomic E-state index is 13.2. The summed E-state index contributed by atoms with van der Waals surface area (Å²) in [6.07, 6.45) is 80.8. The SMILES string of the molecule is CCCCCCCCCCCCCCCCCCCCCCCCCCCCCCCCCCCCCCC(=O)NC(COC1OC(CO)C(O)C(O)C1O)C(O)CCCCCCCCCCCCCCCCCCCCCCCCCCCCCC. The lowest BCUT2D eigenvalue weighted by Gasteiger charge is -2.40. The van der Waals surface area contributed by atoms with Crippen LogP contribution in [0.1, 0.15) is 438 Å². The molecule has 520 valence electrons. The molecule has 1 fully saturated rings. The summed E-state index contributed by atoms with van der Waals surface area (Å²) in [6.45, 7) is 3.92. The van der Waals surface area contributed by atoms with Gasteiger partial charge in [-0.25, -0.2) is 0 Å². The van der Waals surface area contributed by atoms with Crippen LogP contribution in [-0.4, -0.2) is 87.5 Å². The van der Waals surface area contributed by atoms with Gasteiger partial charge in [0.1, 0.15) is 24.4 Å². The first-order valence-corrected chi connectivity index (χ1v) is 39.7. The Morgan fingerprint density at radius 2 is 0.575 bits per heavy atom. The molecule has 1 saturated heterocycles. The van der Waals surface area contributed by atoms with Crippen molar-refractivity contribution in [3.63, 3.8) is 0 Å². The van der Waals surface area contributed by atoms with Gasteiger partial charge in [-0.05, 0) is 12.8 Å². The van der Waals surface area contributed by atoms with Crippen LogP contribution in [0.15, 0.2) is 0 Å². The molecular formula is C78H155NO8. The second-order valence-corrected chi connectivity index (χ2v) is 28.2. The van der Waals surface area contributed by atoms with Gasteiger partial charge in [-0.1, -0.05) is 418 Å². The summed E-state index contributed by atoms with van der Waals surface area (Å²) in [6, 6.07) is -0.716. The Labute approximate surface area is 542 Å². The van der Waals surface area contributed by atoms with Gasteiger partial charge in [0.25, 0.3) is 0 Å². The zero-order chi connectivity index (χ0) is 62.8. The first-order chi connectivity index (χ1) is 42.8. The minimum Gasteiger partial charge on any atom is -0.394 e. The van der Waals surface area contributed by atoms with Gasteiger partial charge in [0, 0.05) is 6.42 Å². The van der Waals surface area contributed by atoms with Crippen LogP contribution in [0.4, 0.5) is 0 Å². The van der Waals surface area contributed by atoms with E-state index in [4.69, 9.17) is 9.47 Å². The van der Waals surface area contributed by atoms with E-state index in [1.54, 1.807) is 0 Å². The van der Waals surface area contributed by atoms with Crippen molar-refractivity contribution in [3.05, 3.63) is 0 Å². The molecule has 9 heteroatoms. The normalized spacial score (nSPS) is 17.8. The minimum atomic E-state index is -1.55. The van der Waals surface area contributed by atoms with E-state index in [1.807, 2.05) is 0 Å². The van der Waals surface area contributed by atoms with Crippen molar-refractivity contribution in [2.24, 2.45) is 0 Å². The number of amides is 1. The van der Waals surface area contributed by atoms with Gasteiger partial charge in [0.2, 0.25) is 5.91 Å². The highest BCUT2D eigenvalue weighted by Gasteiger charge is 2.44. The summed E-state index contributed by atoms with van der Waals surface area (Å²) >= 11 is 0. The molecule has 0 aliphatic carbocycles. The summed E-state index contributed by atoms with van der Waals surface area (Å²) in [5.41, 5.74) is 0. The molecule has 6 N–H and O–H groups in total. The standard InChI is InChI=1S/C78H155NO8/c1-3-5-7-9-11-13-15-17-19-21-23-25-27-29-31-33-34-35-36-37-38-39-40-42-44-46-48-50-52-54-56-58-60-62-64-66-68-74(82)79-71(70-86-78-77(85)76(84)75(83)73(69-80)87-78)72(81)67-65-63-61-59-57-55-53-51-49-47-45-43-41-32-30-28-26-24-22-20-18-16-14-12-10-8-6-4-2/h71-73,75-78,80-81,83-85H,3-70H2,1-2H3,(H,79,82). The molecular weight excluding hydrogens is 1080 g/mol. The topological polar surface area (TPSA) is 149 Å².